The molecule has 1 atom stereocenters. The molecule has 0 saturated carbocycles. The van der Waals surface area contributed by atoms with Gasteiger partial charge in [0.05, 0.1) is 6.04 Å². The van der Waals surface area contributed by atoms with Crippen LogP contribution in [0, 0.1) is 5.82 Å². The zero-order chi connectivity index (χ0) is 19.9. The van der Waals surface area contributed by atoms with Gasteiger partial charge in [0.2, 0.25) is 5.91 Å². The minimum Gasteiger partial charge on any atom is -0.348 e. The molecule has 0 radical (unpaired) electrons. The molecule has 150 valence electrons. The van der Waals surface area contributed by atoms with Crippen molar-refractivity contribution in [1.82, 2.24) is 15.1 Å². The van der Waals surface area contributed by atoms with Crippen LogP contribution in [0.1, 0.15) is 23.6 Å². The predicted octanol–water partition coefficient (Wildman–Crippen LogP) is 3.63. The van der Waals surface area contributed by atoms with E-state index in [2.05, 4.69) is 50.2 Å². The number of nitrogens with one attached hydrogen (secondary N) is 1. The van der Waals surface area contributed by atoms with Crippen LogP contribution in [0.5, 0.6) is 0 Å². The first-order valence-electron chi connectivity index (χ1n) is 9.70. The van der Waals surface area contributed by atoms with E-state index in [0.717, 1.165) is 38.3 Å². The van der Waals surface area contributed by atoms with Gasteiger partial charge in [-0.25, -0.2) is 4.39 Å². The lowest BCUT2D eigenvalue weighted by Crippen LogP contribution is -2.47. The summed E-state index contributed by atoms with van der Waals surface area (Å²) in [6.07, 6.45) is 0.658. The molecule has 1 saturated heterocycles. The Labute approximate surface area is 174 Å². The second-order valence-corrected chi connectivity index (χ2v) is 8.29. The molecule has 0 aliphatic carbocycles. The number of halogens is 2. The van der Waals surface area contributed by atoms with Gasteiger partial charge < -0.3 is 10.2 Å². The SMILES string of the molecule is CN1CCN(CC(NC(=O)CCc2ccc(Br)cc2F)c2ccccc2)CC1. The van der Waals surface area contributed by atoms with E-state index in [1.807, 2.05) is 18.2 Å². The summed E-state index contributed by atoms with van der Waals surface area (Å²) in [5, 5.41) is 3.17. The molecule has 0 aromatic heterocycles. The van der Waals surface area contributed by atoms with E-state index in [1.54, 1.807) is 12.1 Å². The van der Waals surface area contributed by atoms with Crippen molar-refractivity contribution < 1.29 is 9.18 Å². The Kier molecular flexibility index (Phi) is 7.59. The molecule has 1 N–H and O–H groups in total. The number of amides is 1. The quantitative estimate of drug-likeness (QED) is 0.703. The molecule has 6 heteroatoms. The molecule has 4 nitrogen and oxygen atoms in total. The Morgan fingerprint density at radius 2 is 1.86 bits per heavy atom. The zero-order valence-electron chi connectivity index (χ0n) is 16.2. The van der Waals surface area contributed by atoms with E-state index in [1.165, 1.54) is 6.07 Å². The lowest BCUT2D eigenvalue weighted by Gasteiger charge is -2.35. The summed E-state index contributed by atoms with van der Waals surface area (Å²) in [5.41, 5.74) is 1.67. The first-order valence-corrected chi connectivity index (χ1v) is 10.5. The van der Waals surface area contributed by atoms with Crippen LogP contribution in [0.3, 0.4) is 0 Å². The van der Waals surface area contributed by atoms with Crippen LogP contribution in [-0.2, 0) is 11.2 Å². The fourth-order valence-corrected chi connectivity index (χ4v) is 3.78. The molecule has 1 unspecified atom stereocenters. The number of hydrogen-bond acceptors (Lipinski definition) is 3. The third-order valence-electron chi connectivity index (χ3n) is 5.21. The number of hydrogen-bond donors (Lipinski definition) is 1. The van der Waals surface area contributed by atoms with Gasteiger partial charge in [-0.05, 0) is 36.7 Å². The number of aryl methyl sites for hydroxylation is 1. The number of piperazine rings is 1. The summed E-state index contributed by atoms with van der Waals surface area (Å²) in [5.74, 6) is -0.329. The van der Waals surface area contributed by atoms with Crippen molar-refractivity contribution in [3.8, 4) is 0 Å². The van der Waals surface area contributed by atoms with Gasteiger partial charge in [0.15, 0.2) is 0 Å². The topological polar surface area (TPSA) is 35.6 Å². The molecule has 0 spiro atoms. The number of carbonyl (C=O) groups excluding carboxylic acids is 1. The molecule has 0 bridgehead atoms. The highest BCUT2D eigenvalue weighted by Gasteiger charge is 2.21. The van der Waals surface area contributed by atoms with Gasteiger partial charge in [-0.15, -0.1) is 0 Å². The van der Waals surface area contributed by atoms with Crippen molar-refractivity contribution in [2.45, 2.75) is 18.9 Å². The van der Waals surface area contributed by atoms with Crippen molar-refractivity contribution in [2.24, 2.45) is 0 Å². The third kappa shape index (κ3) is 6.12. The predicted molar refractivity (Wildman–Crippen MR) is 114 cm³/mol. The van der Waals surface area contributed by atoms with Gasteiger partial charge in [0, 0.05) is 43.6 Å². The summed E-state index contributed by atoms with van der Waals surface area (Å²) < 4.78 is 14.7. The molecular formula is C22H27BrFN3O. The summed E-state index contributed by atoms with van der Waals surface area (Å²) >= 11 is 3.26. The standard InChI is InChI=1S/C22H27BrFN3O/c1-26-11-13-27(14-12-26)16-21(18-5-3-2-4-6-18)25-22(28)10-8-17-7-9-19(23)15-20(17)24/h2-7,9,15,21H,8,10-14,16H2,1H3,(H,25,28). The molecule has 2 aromatic carbocycles. The lowest BCUT2D eigenvalue weighted by atomic mass is 10.0. The summed E-state index contributed by atoms with van der Waals surface area (Å²) in [4.78, 5) is 17.3. The van der Waals surface area contributed by atoms with Crippen molar-refractivity contribution in [3.63, 3.8) is 0 Å². The van der Waals surface area contributed by atoms with Crippen LogP contribution < -0.4 is 5.32 Å². The highest BCUT2D eigenvalue weighted by Crippen LogP contribution is 2.18. The maximum absolute atomic E-state index is 14.0. The Balaban J connectivity index is 1.60. The fraction of sp³-hybridized carbons (Fsp3) is 0.409. The van der Waals surface area contributed by atoms with Gasteiger partial charge >= 0.3 is 0 Å². The van der Waals surface area contributed by atoms with Crippen LogP contribution in [0.15, 0.2) is 53.0 Å². The van der Waals surface area contributed by atoms with Crippen molar-refractivity contribution in [3.05, 3.63) is 69.9 Å². The molecule has 1 heterocycles. The minimum atomic E-state index is -0.278. The Hall–Kier alpha value is -1.76. The molecule has 2 aromatic rings. The largest absolute Gasteiger partial charge is 0.348 e. The first-order chi connectivity index (χ1) is 13.5. The van der Waals surface area contributed by atoms with E-state index in [9.17, 15) is 9.18 Å². The van der Waals surface area contributed by atoms with Crippen LogP contribution in [0.4, 0.5) is 4.39 Å². The van der Waals surface area contributed by atoms with E-state index >= 15 is 0 Å². The maximum Gasteiger partial charge on any atom is 0.220 e. The lowest BCUT2D eigenvalue weighted by molar-refractivity contribution is -0.122. The smallest absolute Gasteiger partial charge is 0.220 e. The third-order valence-corrected chi connectivity index (χ3v) is 5.70. The molecule has 1 fully saturated rings. The van der Waals surface area contributed by atoms with E-state index in [4.69, 9.17) is 0 Å². The normalized spacial score (nSPS) is 16.7. The molecule has 28 heavy (non-hydrogen) atoms. The van der Waals surface area contributed by atoms with Gasteiger partial charge in [0.25, 0.3) is 0 Å². The van der Waals surface area contributed by atoms with Crippen LogP contribution in [0.25, 0.3) is 0 Å². The van der Waals surface area contributed by atoms with Crippen molar-refractivity contribution in [2.75, 3.05) is 39.8 Å². The Morgan fingerprint density at radius 1 is 1.14 bits per heavy atom. The van der Waals surface area contributed by atoms with Crippen LogP contribution in [-0.4, -0.2) is 55.5 Å². The number of benzene rings is 2. The average molecular weight is 448 g/mol. The minimum absolute atomic E-state index is 0.0506. The van der Waals surface area contributed by atoms with Crippen molar-refractivity contribution in [1.29, 1.82) is 0 Å². The molecular weight excluding hydrogens is 421 g/mol. The number of rotatable bonds is 7. The maximum atomic E-state index is 14.0. The second kappa shape index (κ2) is 10.1. The molecule has 3 rings (SSSR count). The van der Waals surface area contributed by atoms with Gasteiger partial charge in [-0.2, -0.15) is 0 Å². The Morgan fingerprint density at radius 3 is 2.54 bits per heavy atom. The summed E-state index contributed by atoms with van der Waals surface area (Å²) in [6, 6.07) is 15.0. The highest BCUT2D eigenvalue weighted by atomic mass is 79.9. The van der Waals surface area contributed by atoms with E-state index in [-0.39, 0.29) is 24.2 Å². The highest BCUT2D eigenvalue weighted by molar-refractivity contribution is 9.10. The zero-order valence-corrected chi connectivity index (χ0v) is 17.8. The second-order valence-electron chi connectivity index (χ2n) is 7.37. The van der Waals surface area contributed by atoms with Crippen molar-refractivity contribution >= 4 is 21.8 Å². The molecule has 1 aliphatic heterocycles. The Bertz CT molecular complexity index is 779. The first kappa shape index (κ1) is 21.0. The monoisotopic (exact) mass is 447 g/mol. The molecule has 1 amide bonds. The summed E-state index contributed by atoms with van der Waals surface area (Å²) in [7, 11) is 2.13. The summed E-state index contributed by atoms with van der Waals surface area (Å²) in [6.45, 7) is 4.87. The number of likely N-dealkylation sites (N-methyl/N-ethyl adjacent to an activating group) is 1. The fourth-order valence-electron chi connectivity index (χ4n) is 3.45. The van der Waals surface area contributed by atoms with E-state index < -0.39 is 0 Å². The number of nitrogens with zero attached hydrogens (tertiary/aromatic N) is 2. The average Bonchev–Trinajstić information content (AvgIpc) is 2.69. The van der Waals surface area contributed by atoms with Gasteiger partial charge in [-0.1, -0.05) is 52.3 Å². The molecule has 1 aliphatic rings. The van der Waals surface area contributed by atoms with Gasteiger partial charge in [-0.3, -0.25) is 9.69 Å². The van der Waals surface area contributed by atoms with E-state index in [0.29, 0.717) is 16.5 Å². The van der Waals surface area contributed by atoms with Crippen LogP contribution in [0.2, 0.25) is 0 Å². The van der Waals surface area contributed by atoms with Crippen LogP contribution >= 0.6 is 15.9 Å². The number of carbonyl (C=O) groups is 1. The van der Waals surface area contributed by atoms with Gasteiger partial charge in [0.1, 0.15) is 5.82 Å².